The first kappa shape index (κ1) is 16.2. The number of hydrogen-bond donors (Lipinski definition) is 2. The van der Waals surface area contributed by atoms with Crippen LogP contribution in [0.5, 0.6) is 0 Å². The van der Waals surface area contributed by atoms with E-state index in [4.69, 9.17) is 4.74 Å². The monoisotopic (exact) mass is 262 g/mol. The lowest BCUT2D eigenvalue weighted by atomic mass is 10.2. The van der Waals surface area contributed by atoms with Crippen molar-refractivity contribution in [1.29, 1.82) is 0 Å². The van der Waals surface area contributed by atoms with Crippen LogP contribution >= 0.6 is 9.24 Å². The summed E-state index contributed by atoms with van der Waals surface area (Å²) in [4.78, 5) is 22.4. The minimum Gasteiger partial charge on any atom is -0.444 e. The van der Waals surface area contributed by atoms with Crippen molar-refractivity contribution in [3.8, 4) is 0 Å². The standard InChI is InChI=1S/C11H23N2O3P/c1-11(2,3)16-10(15)13-7-6-12-9(14)5-4-8-17/h4-8,17H2,1-3H3,(H,12,14)(H,13,15). The fourth-order valence-electron chi connectivity index (χ4n) is 1.03. The molecule has 2 amide bonds. The van der Waals surface area contributed by atoms with E-state index in [-0.39, 0.29) is 5.91 Å². The van der Waals surface area contributed by atoms with Crippen LogP contribution in [0.1, 0.15) is 33.6 Å². The van der Waals surface area contributed by atoms with E-state index in [0.717, 1.165) is 12.6 Å². The number of alkyl carbamates (subject to hydrolysis) is 1. The molecular formula is C11H23N2O3P. The molecule has 0 bridgehead atoms. The normalized spacial score (nSPS) is 10.8. The molecule has 0 heterocycles. The quantitative estimate of drug-likeness (QED) is 0.560. The van der Waals surface area contributed by atoms with Gasteiger partial charge in [-0.25, -0.2) is 4.79 Å². The van der Waals surface area contributed by atoms with Crippen molar-refractivity contribution >= 4 is 21.2 Å². The maximum absolute atomic E-state index is 11.2. The van der Waals surface area contributed by atoms with Gasteiger partial charge in [0.2, 0.25) is 5.91 Å². The Bertz CT molecular complexity index is 252. The zero-order valence-electron chi connectivity index (χ0n) is 10.8. The molecule has 0 aliphatic carbocycles. The number of carbonyl (C=O) groups is 2. The van der Waals surface area contributed by atoms with Gasteiger partial charge in [0.05, 0.1) is 0 Å². The lowest BCUT2D eigenvalue weighted by molar-refractivity contribution is -0.121. The van der Waals surface area contributed by atoms with Gasteiger partial charge in [0, 0.05) is 19.5 Å². The molecule has 5 nitrogen and oxygen atoms in total. The largest absolute Gasteiger partial charge is 0.444 e. The van der Waals surface area contributed by atoms with Gasteiger partial charge in [0.15, 0.2) is 0 Å². The van der Waals surface area contributed by atoms with Crippen LogP contribution in [-0.2, 0) is 9.53 Å². The molecule has 1 atom stereocenters. The number of nitrogens with one attached hydrogen (secondary N) is 2. The first-order chi connectivity index (χ1) is 7.85. The molecule has 0 fully saturated rings. The maximum atomic E-state index is 11.2. The summed E-state index contributed by atoms with van der Waals surface area (Å²) >= 11 is 0. The average molecular weight is 262 g/mol. The van der Waals surface area contributed by atoms with Crippen LogP contribution in [0.2, 0.25) is 0 Å². The lowest BCUT2D eigenvalue weighted by Crippen LogP contribution is -2.37. The van der Waals surface area contributed by atoms with Crippen LogP contribution in [0, 0.1) is 0 Å². The molecule has 2 N–H and O–H groups in total. The fraction of sp³-hybridized carbons (Fsp3) is 0.818. The van der Waals surface area contributed by atoms with E-state index < -0.39 is 11.7 Å². The first-order valence-corrected chi connectivity index (χ1v) is 6.60. The Kier molecular flexibility index (Phi) is 7.88. The van der Waals surface area contributed by atoms with Gasteiger partial charge in [-0.3, -0.25) is 4.79 Å². The fourth-order valence-corrected chi connectivity index (χ4v) is 1.24. The molecule has 0 radical (unpaired) electrons. The number of amides is 2. The third-order valence-electron chi connectivity index (χ3n) is 1.72. The topological polar surface area (TPSA) is 67.4 Å². The summed E-state index contributed by atoms with van der Waals surface area (Å²) in [6.45, 7) is 6.21. The van der Waals surface area contributed by atoms with Crippen LogP contribution < -0.4 is 10.6 Å². The highest BCUT2D eigenvalue weighted by molar-refractivity contribution is 7.16. The van der Waals surface area contributed by atoms with Crippen LogP contribution in [0.25, 0.3) is 0 Å². The smallest absolute Gasteiger partial charge is 0.407 e. The SMILES string of the molecule is CC(C)(C)OC(=O)NCCNC(=O)CCCP. The number of carbonyl (C=O) groups excluding carboxylic acids is 2. The van der Waals surface area contributed by atoms with Gasteiger partial charge in [0.25, 0.3) is 0 Å². The highest BCUT2D eigenvalue weighted by Crippen LogP contribution is 2.05. The molecule has 0 aromatic rings. The molecule has 0 spiro atoms. The van der Waals surface area contributed by atoms with Gasteiger partial charge in [-0.2, -0.15) is 0 Å². The lowest BCUT2D eigenvalue weighted by Gasteiger charge is -2.19. The average Bonchev–Trinajstić information content (AvgIpc) is 2.19. The van der Waals surface area contributed by atoms with E-state index in [1.54, 1.807) is 20.8 Å². The molecule has 0 rings (SSSR count). The van der Waals surface area contributed by atoms with E-state index >= 15 is 0 Å². The Morgan fingerprint density at radius 1 is 1.18 bits per heavy atom. The van der Waals surface area contributed by atoms with Gasteiger partial charge in [-0.15, -0.1) is 9.24 Å². The molecule has 100 valence electrons. The van der Waals surface area contributed by atoms with Crippen molar-refractivity contribution < 1.29 is 14.3 Å². The highest BCUT2D eigenvalue weighted by atomic mass is 31.0. The molecule has 0 aromatic heterocycles. The number of rotatable bonds is 6. The zero-order valence-corrected chi connectivity index (χ0v) is 12.0. The summed E-state index contributed by atoms with van der Waals surface area (Å²) < 4.78 is 5.04. The van der Waals surface area contributed by atoms with Crippen molar-refractivity contribution in [2.45, 2.75) is 39.2 Å². The van der Waals surface area contributed by atoms with Crippen LogP contribution in [0.15, 0.2) is 0 Å². The molecule has 6 heteroatoms. The third-order valence-corrected chi connectivity index (χ3v) is 2.13. The first-order valence-electron chi connectivity index (χ1n) is 5.79. The summed E-state index contributed by atoms with van der Waals surface area (Å²) in [7, 11) is 2.58. The second kappa shape index (κ2) is 8.29. The molecule has 0 aliphatic heterocycles. The summed E-state index contributed by atoms with van der Waals surface area (Å²) in [6.07, 6.45) is 1.84. The molecule has 0 saturated carbocycles. The van der Waals surface area contributed by atoms with Crippen molar-refractivity contribution in [3.05, 3.63) is 0 Å². The summed E-state index contributed by atoms with van der Waals surface area (Å²) in [5.74, 6) is 0.0124. The Balaban J connectivity index is 3.51. The summed E-state index contributed by atoms with van der Waals surface area (Å²) in [6, 6.07) is 0. The number of hydrogen-bond acceptors (Lipinski definition) is 3. The van der Waals surface area contributed by atoms with E-state index in [9.17, 15) is 9.59 Å². The Morgan fingerprint density at radius 3 is 2.29 bits per heavy atom. The third kappa shape index (κ3) is 11.4. The van der Waals surface area contributed by atoms with E-state index in [2.05, 4.69) is 19.9 Å². The predicted molar refractivity (Wildman–Crippen MR) is 71.1 cm³/mol. The molecule has 0 aliphatic rings. The molecular weight excluding hydrogens is 239 g/mol. The second-order valence-corrected chi connectivity index (χ2v) is 5.25. The minimum atomic E-state index is -0.494. The van der Waals surface area contributed by atoms with Crippen LogP contribution in [0.3, 0.4) is 0 Å². The summed E-state index contributed by atoms with van der Waals surface area (Å²) in [5, 5.41) is 5.29. The maximum Gasteiger partial charge on any atom is 0.407 e. The molecule has 1 unspecified atom stereocenters. The van der Waals surface area contributed by atoms with E-state index in [1.165, 1.54) is 0 Å². The van der Waals surface area contributed by atoms with Gasteiger partial charge in [-0.05, 0) is 33.4 Å². The van der Waals surface area contributed by atoms with Gasteiger partial charge < -0.3 is 15.4 Å². The van der Waals surface area contributed by atoms with E-state index in [1.807, 2.05) is 0 Å². The number of ether oxygens (including phenoxy) is 1. The van der Waals surface area contributed by atoms with Gasteiger partial charge in [0.1, 0.15) is 5.60 Å². The van der Waals surface area contributed by atoms with Crippen LogP contribution in [-0.4, -0.2) is 36.9 Å². The van der Waals surface area contributed by atoms with Crippen molar-refractivity contribution in [2.24, 2.45) is 0 Å². The Morgan fingerprint density at radius 2 is 1.76 bits per heavy atom. The zero-order chi connectivity index (χ0) is 13.3. The highest BCUT2D eigenvalue weighted by Gasteiger charge is 2.15. The second-order valence-electron chi connectivity index (χ2n) is 4.67. The molecule has 0 saturated heterocycles. The van der Waals surface area contributed by atoms with Crippen LogP contribution in [0.4, 0.5) is 4.79 Å². The van der Waals surface area contributed by atoms with Crippen molar-refractivity contribution in [2.75, 3.05) is 19.3 Å². The van der Waals surface area contributed by atoms with Crippen molar-refractivity contribution in [1.82, 2.24) is 10.6 Å². The van der Waals surface area contributed by atoms with Crippen molar-refractivity contribution in [3.63, 3.8) is 0 Å². The Hall–Kier alpha value is -0.830. The summed E-state index contributed by atoms with van der Waals surface area (Å²) in [5.41, 5.74) is -0.494. The molecule has 17 heavy (non-hydrogen) atoms. The van der Waals surface area contributed by atoms with E-state index in [0.29, 0.717) is 19.5 Å². The van der Waals surface area contributed by atoms with Gasteiger partial charge in [-0.1, -0.05) is 0 Å². The Labute approximate surface area is 105 Å². The molecule has 0 aromatic carbocycles. The predicted octanol–water partition coefficient (Wildman–Crippen LogP) is 1.28. The van der Waals surface area contributed by atoms with Gasteiger partial charge >= 0.3 is 6.09 Å². The minimum absolute atomic E-state index is 0.0124.